The van der Waals surface area contributed by atoms with E-state index in [9.17, 15) is 9.59 Å². The fraction of sp³-hybridized carbons (Fsp3) is 0.429. The van der Waals surface area contributed by atoms with Crippen LogP contribution in [0.3, 0.4) is 0 Å². The molecule has 1 saturated heterocycles. The molecule has 0 radical (unpaired) electrons. The Labute approximate surface area is 175 Å². The lowest BCUT2D eigenvalue weighted by Gasteiger charge is -2.36. The second-order valence-electron chi connectivity index (χ2n) is 7.50. The van der Waals surface area contributed by atoms with Crippen molar-refractivity contribution in [3.8, 4) is 11.3 Å². The Balaban J connectivity index is 1.34. The summed E-state index contributed by atoms with van der Waals surface area (Å²) in [5.74, 6) is 0.788. The minimum Gasteiger partial charge on any atom is -0.352 e. The number of rotatable bonds is 5. The Morgan fingerprint density at radius 2 is 1.79 bits per heavy atom. The third kappa shape index (κ3) is 4.50. The van der Waals surface area contributed by atoms with Crippen molar-refractivity contribution < 1.29 is 9.59 Å². The first kappa shape index (κ1) is 19.6. The van der Waals surface area contributed by atoms with Gasteiger partial charge in [0.1, 0.15) is 0 Å². The van der Waals surface area contributed by atoms with E-state index in [1.807, 2.05) is 41.3 Å². The highest BCUT2D eigenvalue weighted by Gasteiger charge is 2.33. The highest BCUT2D eigenvalue weighted by molar-refractivity contribution is 6.33. The molecule has 2 fully saturated rings. The zero-order chi connectivity index (χ0) is 20.4. The summed E-state index contributed by atoms with van der Waals surface area (Å²) in [6, 6.07) is 11.7. The number of aromatic nitrogens is 2. The van der Waals surface area contributed by atoms with E-state index in [4.69, 9.17) is 11.6 Å². The van der Waals surface area contributed by atoms with Crippen molar-refractivity contribution in [1.82, 2.24) is 20.0 Å². The molecule has 0 unspecified atom stereocenters. The molecule has 1 aromatic heterocycles. The van der Waals surface area contributed by atoms with Crippen molar-refractivity contribution >= 4 is 29.2 Å². The van der Waals surface area contributed by atoms with Crippen LogP contribution in [0.4, 0.5) is 5.82 Å². The van der Waals surface area contributed by atoms with E-state index in [1.165, 1.54) is 6.92 Å². The topological polar surface area (TPSA) is 69.6 Å². The Bertz CT molecular complexity index is 892. The molecule has 8 heteroatoms. The van der Waals surface area contributed by atoms with Crippen molar-refractivity contribution in [2.45, 2.75) is 25.8 Å². The van der Waals surface area contributed by atoms with Gasteiger partial charge in [0.25, 0.3) is 0 Å². The normalized spacial score (nSPS) is 16.6. The van der Waals surface area contributed by atoms with Crippen LogP contribution in [0.1, 0.15) is 19.8 Å². The quantitative estimate of drug-likeness (QED) is 0.753. The molecule has 2 heterocycles. The van der Waals surface area contributed by atoms with Crippen LogP contribution in [0.2, 0.25) is 5.02 Å². The molecule has 1 aliphatic carbocycles. The number of nitrogens with zero attached hydrogens (tertiary/aromatic N) is 5. The first-order valence-corrected chi connectivity index (χ1v) is 10.3. The van der Waals surface area contributed by atoms with Gasteiger partial charge in [-0.15, -0.1) is 10.2 Å². The number of piperazine rings is 1. The van der Waals surface area contributed by atoms with Crippen molar-refractivity contribution in [2.75, 3.05) is 37.6 Å². The van der Waals surface area contributed by atoms with E-state index in [1.54, 1.807) is 4.90 Å². The van der Waals surface area contributed by atoms with Crippen LogP contribution in [-0.2, 0) is 9.59 Å². The molecule has 2 aliphatic rings. The van der Waals surface area contributed by atoms with Crippen LogP contribution in [-0.4, -0.2) is 70.6 Å². The summed E-state index contributed by atoms with van der Waals surface area (Å²) < 4.78 is 0. The number of benzene rings is 1. The summed E-state index contributed by atoms with van der Waals surface area (Å²) in [6.07, 6.45) is 2.01. The van der Waals surface area contributed by atoms with Gasteiger partial charge in [-0.1, -0.05) is 29.8 Å². The van der Waals surface area contributed by atoms with Gasteiger partial charge in [0, 0.05) is 44.7 Å². The van der Waals surface area contributed by atoms with Crippen molar-refractivity contribution in [2.24, 2.45) is 0 Å². The second-order valence-corrected chi connectivity index (χ2v) is 7.91. The van der Waals surface area contributed by atoms with Crippen LogP contribution in [0.15, 0.2) is 36.4 Å². The van der Waals surface area contributed by atoms with E-state index in [-0.39, 0.29) is 24.4 Å². The largest absolute Gasteiger partial charge is 0.352 e. The van der Waals surface area contributed by atoms with Crippen LogP contribution in [0.5, 0.6) is 0 Å². The van der Waals surface area contributed by atoms with Gasteiger partial charge in [-0.3, -0.25) is 9.59 Å². The van der Waals surface area contributed by atoms with Crippen LogP contribution in [0.25, 0.3) is 11.3 Å². The predicted octanol–water partition coefficient (Wildman–Crippen LogP) is 2.46. The lowest BCUT2D eigenvalue weighted by atomic mass is 10.1. The number of amides is 2. The molecule has 7 nitrogen and oxygen atoms in total. The highest BCUT2D eigenvalue weighted by Crippen LogP contribution is 2.27. The first-order chi connectivity index (χ1) is 14.0. The number of carbonyl (C=O) groups excluding carboxylic acids is 2. The summed E-state index contributed by atoms with van der Waals surface area (Å²) in [4.78, 5) is 30.0. The molecule has 2 amide bonds. The summed E-state index contributed by atoms with van der Waals surface area (Å²) in [7, 11) is 0. The molecule has 1 aliphatic heterocycles. The van der Waals surface area contributed by atoms with Crippen LogP contribution in [0, 0.1) is 0 Å². The van der Waals surface area contributed by atoms with Gasteiger partial charge in [-0.2, -0.15) is 0 Å². The smallest absolute Gasteiger partial charge is 0.242 e. The molecular formula is C21H24ClN5O2. The minimum atomic E-state index is -0.0200. The summed E-state index contributed by atoms with van der Waals surface area (Å²) in [5.41, 5.74) is 1.59. The molecule has 29 heavy (non-hydrogen) atoms. The van der Waals surface area contributed by atoms with Gasteiger partial charge in [0.05, 0.1) is 17.3 Å². The Kier molecular flexibility index (Phi) is 5.67. The molecule has 1 saturated carbocycles. The number of hydrogen-bond donors (Lipinski definition) is 0. The van der Waals surface area contributed by atoms with Gasteiger partial charge in [0.15, 0.2) is 5.82 Å². The molecule has 152 valence electrons. The van der Waals surface area contributed by atoms with Crippen LogP contribution >= 0.6 is 11.6 Å². The molecule has 0 N–H and O–H groups in total. The number of hydrogen-bond acceptors (Lipinski definition) is 5. The lowest BCUT2D eigenvalue weighted by molar-refractivity contribution is -0.140. The maximum absolute atomic E-state index is 12.6. The maximum atomic E-state index is 12.6. The standard InChI is InChI=1S/C21H24ClN5O2/c1-15(28)27(16-6-7-16)14-21(29)26-12-10-25(11-13-26)20-9-8-19(23-24-20)17-4-2-3-5-18(17)22/h2-5,8-9,16H,6-7,10-14H2,1H3. The van der Waals surface area contributed by atoms with E-state index >= 15 is 0 Å². The average Bonchev–Trinajstić information content (AvgIpc) is 3.57. The summed E-state index contributed by atoms with van der Waals surface area (Å²) in [5, 5.41) is 9.32. The van der Waals surface area contributed by atoms with Gasteiger partial charge in [-0.25, -0.2) is 0 Å². The summed E-state index contributed by atoms with van der Waals surface area (Å²) in [6.45, 7) is 4.33. The molecule has 4 rings (SSSR count). The Morgan fingerprint density at radius 3 is 2.38 bits per heavy atom. The lowest BCUT2D eigenvalue weighted by Crippen LogP contribution is -2.52. The van der Waals surface area contributed by atoms with E-state index in [2.05, 4.69) is 15.1 Å². The SMILES string of the molecule is CC(=O)N(CC(=O)N1CCN(c2ccc(-c3ccccc3Cl)nn2)CC1)C1CC1. The third-order valence-electron chi connectivity index (χ3n) is 5.45. The van der Waals surface area contributed by atoms with E-state index in [0.29, 0.717) is 31.2 Å². The van der Waals surface area contributed by atoms with Crippen molar-refractivity contribution in [3.05, 3.63) is 41.4 Å². The number of halogens is 1. The molecule has 1 aromatic carbocycles. The number of anilines is 1. The molecule has 2 aromatic rings. The molecule has 0 bridgehead atoms. The minimum absolute atomic E-state index is 0.0200. The van der Waals surface area contributed by atoms with Crippen molar-refractivity contribution in [3.63, 3.8) is 0 Å². The van der Waals surface area contributed by atoms with Crippen molar-refractivity contribution in [1.29, 1.82) is 0 Å². The Hall–Kier alpha value is -2.67. The highest BCUT2D eigenvalue weighted by atomic mass is 35.5. The van der Waals surface area contributed by atoms with Gasteiger partial charge >= 0.3 is 0 Å². The molecular weight excluding hydrogens is 390 g/mol. The first-order valence-electron chi connectivity index (χ1n) is 9.91. The van der Waals surface area contributed by atoms with Gasteiger partial charge in [0.2, 0.25) is 11.8 Å². The number of carbonyl (C=O) groups is 2. The molecule has 0 spiro atoms. The fourth-order valence-corrected chi connectivity index (χ4v) is 3.85. The van der Waals surface area contributed by atoms with E-state index in [0.717, 1.165) is 29.9 Å². The van der Waals surface area contributed by atoms with Gasteiger partial charge in [-0.05, 0) is 31.0 Å². The Morgan fingerprint density at radius 1 is 1.07 bits per heavy atom. The van der Waals surface area contributed by atoms with Crippen LogP contribution < -0.4 is 4.90 Å². The van der Waals surface area contributed by atoms with Gasteiger partial charge < -0.3 is 14.7 Å². The summed E-state index contributed by atoms with van der Waals surface area (Å²) >= 11 is 6.23. The monoisotopic (exact) mass is 413 g/mol. The zero-order valence-corrected chi connectivity index (χ0v) is 17.2. The predicted molar refractivity (Wildman–Crippen MR) is 112 cm³/mol. The fourth-order valence-electron chi connectivity index (χ4n) is 3.62. The average molecular weight is 414 g/mol. The second kappa shape index (κ2) is 8.37. The molecule has 0 atom stereocenters. The van der Waals surface area contributed by atoms with E-state index < -0.39 is 0 Å². The maximum Gasteiger partial charge on any atom is 0.242 e. The zero-order valence-electron chi connectivity index (χ0n) is 16.4. The third-order valence-corrected chi connectivity index (χ3v) is 5.78.